The van der Waals surface area contributed by atoms with Gasteiger partial charge in [0.1, 0.15) is 5.82 Å². The van der Waals surface area contributed by atoms with E-state index < -0.39 is 0 Å². The number of hydrogen-bond donors (Lipinski definition) is 0. The number of hydrogen-bond acceptors (Lipinski definition) is 5. The van der Waals surface area contributed by atoms with E-state index in [4.69, 9.17) is 0 Å². The van der Waals surface area contributed by atoms with Gasteiger partial charge in [0.25, 0.3) is 5.78 Å². The second-order valence-electron chi connectivity index (χ2n) is 6.23. The van der Waals surface area contributed by atoms with Gasteiger partial charge in [-0.1, -0.05) is 27.7 Å². The molecule has 27 heavy (non-hydrogen) atoms. The van der Waals surface area contributed by atoms with E-state index in [0.717, 1.165) is 21.4 Å². The minimum Gasteiger partial charge on any atom is -0.341 e. The number of nitrogens with zero attached hydrogens (tertiary/aromatic N) is 5. The maximum Gasteiger partial charge on any atom is 0.253 e. The van der Waals surface area contributed by atoms with Crippen molar-refractivity contribution in [3.8, 4) is 0 Å². The van der Waals surface area contributed by atoms with Crippen LogP contribution in [0.1, 0.15) is 22.5 Å². The molecule has 0 radical (unpaired) electrons. The molecule has 0 fully saturated rings. The molecule has 1 aromatic carbocycles. The quantitative estimate of drug-likeness (QED) is 0.554. The second kappa shape index (κ2) is 7.93. The maximum atomic E-state index is 14.0. The van der Waals surface area contributed by atoms with Crippen molar-refractivity contribution in [2.75, 3.05) is 13.3 Å². The zero-order chi connectivity index (χ0) is 19.7. The van der Waals surface area contributed by atoms with Crippen molar-refractivity contribution in [1.82, 2.24) is 24.5 Å². The van der Waals surface area contributed by atoms with Gasteiger partial charge < -0.3 is 4.90 Å². The smallest absolute Gasteiger partial charge is 0.253 e. The zero-order valence-electron chi connectivity index (χ0n) is 15.5. The molecular weight excluding hydrogens is 433 g/mol. The third kappa shape index (κ3) is 4.14. The van der Waals surface area contributed by atoms with Crippen molar-refractivity contribution >= 4 is 39.4 Å². The van der Waals surface area contributed by atoms with E-state index in [1.54, 1.807) is 23.7 Å². The highest BCUT2D eigenvalue weighted by atomic mass is 79.9. The van der Waals surface area contributed by atoms with Crippen LogP contribution in [0.4, 0.5) is 4.39 Å². The molecule has 0 aliphatic heterocycles. The fourth-order valence-corrected chi connectivity index (χ4v) is 3.57. The number of thioether (sulfide) groups is 1. The molecule has 6 nitrogen and oxygen atoms in total. The molecule has 9 heteroatoms. The average Bonchev–Trinajstić information content (AvgIpc) is 3.04. The Morgan fingerprint density at radius 3 is 2.78 bits per heavy atom. The van der Waals surface area contributed by atoms with Crippen molar-refractivity contribution in [3.05, 3.63) is 51.0 Å². The Morgan fingerprint density at radius 2 is 2.07 bits per heavy atom. The van der Waals surface area contributed by atoms with Gasteiger partial charge in [-0.3, -0.25) is 4.79 Å². The lowest BCUT2D eigenvalue weighted by Gasteiger charge is -2.19. The summed E-state index contributed by atoms with van der Waals surface area (Å²) in [6.07, 6.45) is 2.07. The van der Waals surface area contributed by atoms with E-state index in [1.165, 1.54) is 22.7 Å². The lowest BCUT2D eigenvalue weighted by molar-refractivity contribution is -0.129. The predicted molar refractivity (Wildman–Crippen MR) is 106 cm³/mol. The first-order valence-electron chi connectivity index (χ1n) is 8.25. The fraction of sp³-hybridized carbons (Fsp3) is 0.333. The average molecular weight is 452 g/mol. The van der Waals surface area contributed by atoms with Gasteiger partial charge >= 0.3 is 0 Å². The number of carbonyl (C=O) groups is 1. The Labute approximate surface area is 169 Å². The summed E-state index contributed by atoms with van der Waals surface area (Å²) >= 11 is 4.77. The normalized spacial score (nSPS) is 11.2. The van der Waals surface area contributed by atoms with Gasteiger partial charge in [0.2, 0.25) is 11.1 Å². The van der Waals surface area contributed by atoms with Gasteiger partial charge in [-0.05, 0) is 38.3 Å². The van der Waals surface area contributed by atoms with Gasteiger partial charge in [0.05, 0.1) is 6.42 Å². The molecule has 2 heterocycles. The summed E-state index contributed by atoms with van der Waals surface area (Å²) in [6, 6.07) is 4.70. The van der Waals surface area contributed by atoms with Crippen molar-refractivity contribution in [2.45, 2.75) is 32.0 Å². The molecular formula is C18H19BrFN5OS. The number of likely N-dealkylation sites (N-methyl/N-ethyl adjacent to an activating group) is 1. The molecule has 3 rings (SSSR count). The van der Waals surface area contributed by atoms with Gasteiger partial charge in [0, 0.05) is 40.6 Å². The third-order valence-corrected chi connectivity index (χ3v) is 5.41. The fourth-order valence-electron chi connectivity index (χ4n) is 2.83. The Bertz CT molecular complexity index is 1020. The third-order valence-electron chi connectivity index (χ3n) is 4.38. The number of carbonyl (C=O) groups excluding carboxylic acids is 1. The van der Waals surface area contributed by atoms with E-state index in [-0.39, 0.29) is 24.7 Å². The van der Waals surface area contributed by atoms with E-state index in [0.29, 0.717) is 16.5 Å². The molecule has 142 valence electrons. The van der Waals surface area contributed by atoms with Crippen LogP contribution in [0.2, 0.25) is 0 Å². The summed E-state index contributed by atoms with van der Waals surface area (Å²) in [5, 5.41) is 5.03. The molecule has 0 spiro atoms. The van der Waals surface area contributed by atoms with Crippen LogP contribution >= 0.6 is 27.7 Å². The number of benzene rings is 1. The molecule has 0 N–H and O–H groups in total. The van der Waals surface area contributed by atoms with Gasteiger partial charge in [-0.2, -0.15) is 4.98 Å². The van der Waals surface area contributed by atoms with E-state index in [2.05, 4.69) is 31.0 Å². The predicted octanol–water partition coefficient (Wildman–Crippen LogP) is 3.57. The molecule has 0 unspecified atom stereocenters. The standard InChI is InChI=1S/C18H19BrFN5OS/c1-10-14(11(2)25-17(21-10)22-18(23-25)27-4)8-16(26)24(3)9-12-7-13(19)5-6-15(12)20/h5-7H,8-9H2,1-4H3. The van der Waals surface area contributed by atoms with E-state index in [9.17, 15) is 9.18 Å². The first-order chi connectivity index (χ1) is 12.8. The molecule has 0 aliphatic rings. The van der Waals surface area contributed by atoms with Crippen LogP contribution < -0.4 is 0 Å². The topological polar surface area (TPSA) is 63.4 Å². The van der Waals surface area contributed by atoms with Gasteiger partial charge in [0.15, 0.2) is 0 Å². The van der Waals surface area contributed by atoms with E-state index in [1.807, 2.05) is 20.1 Å². The molecule has 0 saturated heterocycles. The van der Waals surface area contributed by atoms with Crippen LogP contribution in [0.25, 0.3) is 5.78 Å². The number of aryl methyl sites for hydroxylation is 2. The number of amides is 1. The molecule has 0 saturated carbocycles. The number of halogens is 2. The van der Waals surface area contributed by atoms with Crippen LogP contribution in [0, 0.1) is 19.7 Å². The molecule has 2 aromatic heterocycles. The van der Waals surface area contributed by atoms with E-state index >= 15 is 0 Å². The highest BCUT2D eigenvalue weighted by molar-refractivity contribution is 9.10. The Morgan fingerprint density at radius 1 is 1.33 bits per heavy atom. The maximum absolute atomic E-state index is 14.0. The Hall–Kier alpha value is -2.00. The Balaban J connectivity index is 1.83. The largest absolute Gasteiger partial charge is 0.341 e. The minimum atomic E-state index is -0.333. The van der Waals surface area contributed by atoms with Crippen LogP contribution in [0.3, 0.4) is 0 Å². The van der Waals surface area contributed by atoms with Crippen molar-refractivity contribution in [2.24, 2.45) is 0 Å². The molecule has 0 atom stereocenters. The van der Waals surface area contributed by atoms with Crippen LogP contribution in [0.5, 0.6) is 0 Å². The van der Waals surface area contributed by atoms with Crippen molar-refractivity contribution in [1.29, 1.82) is 0 Å². The SMILES string of the molecule is CSc1nc2nc(C)c(CC(=O)N(C)Cc3cc(Br)ccc3F)c(C)n2n1. The monoisotopic (exact) mass is 451 g/mol. The molecule has 1 amide bonds. The summed E-state index contributed by atoms with van der Waals surface area (Å²) in [5.74, 6) is 0.0718. The number of aromatic nitrogens is 4. The molecule has 0 aliphatic carbocycles. The van der Waals surface area contributed by atoms with Crippen LogP contribution in [-0.4, -0.2) is 43.7 Å². The highest BCUT2D eigenvalue weighted by Gasteiger charge is 2.19. The van der Waals surface area contributed by atoms with Crippen LogP contribution in [-0.2, 0) is 17.8 Å². The number of rotatable bonds is 5. The lowest BCUT2D eigenvalue weighted by Crippen LogP contribution is -2.29. The van der Waals surface area contributed by atoms with Crippen LogP contribution in [0.15, 0.2) is 27.8 Å². The van der Waals surface area contributed by atoms with Crippen molar-refractivity contribution in [3.63, 3.8) is 0 Å². The lowest BCUT2D eigenvalue weighted by atomic mass is 10.1. The summed E-state index contributed by atoms with van der Waals surface area (Å²) in [5.41, 5.74) is 2.85. The Kier molecular flexibility index (Phi) is 5.81. The first kappa shape index (κ1) is 19.8. The molecule has 0 bridgehead atoms. The first-order valence-corrected chi connectivity index (χ1v) is 10.3. The van der Waals surface area contributed by atoms with Gasteiger partial charge in [-0.25, -0.2) is 13.9 Å². The summed E-state index contributed by atoms with van der Waals surface area (Å²) in [6.45, 7) is 3.95. The summed E-state index contributed by atoms with van der Waals surface area (Å²) < 4.78 is 16.4. The number of fused-ring (bicyclic) bond motifs is 1. The zero-order valence-corrected chi connectivity index (χ0v) is 17.9. The minimum absolute atomic E-state index is 0.119. The van der Waals surface area contributed by atoms with Gasteiger partial charge in [-0.15, -0.1) is 5.10 Å². The molecule has 3 aromatic rings. The van der Waals surface area contributed by atoms with Crippen molar-refractivity contribution < 1.29 is 9.18 Å². The highest BCUT2D eigenvalue weighted by Crippen LogP contribution is 2.20. The summed E-state index contributed by atoms with van der Waals surface area (Å²) in [4.78, 5) is 23.1. The second-order valence-corrected chi connectivity index (χ2v) is 7.92. The summed E-state index contributed by atoms with van der Waals surface area (Å²) in [7, 11) is 1.67.